The molecule has 3 rings (SSSR count). The Bertz CT molecular complexity index is 1240. The summed E-state index contributed by atoms with van der Waals surface area (Å²) in [4.78, 5) is 37.8. The minimum atomic E-state index is -0.919. The van der Waals surface area contributed by atoms with E-state index in [1.165, 1.54) is 10.6 Å². The monoisotopic (exact) mass is 423 g/mol. The lowest BCUT2D eigenvalue weighted by atomic mass is 10.1. The molecule has 0 N–H and O–H groups in total. The van der Waals surface area contributed by atoms with Crippen LogP contribution in [0.4, 0.5) is 5.69 Å². The predicted octanol–water partition coefficient (Wildman–Crippen LogP) is 3.09. The Labute approximate surface area is 179 Å². The summed E-state index contributed by atoms with van der Waals surface area (Å²) in [6.45, 7) is 5.73. The zero-order valence-electron chi connectivity index (χ0n) is 17.9. The standard InChI is InChI=1S/C22H25N5O4/c1-15(2)13-25-19(11-10-17-12-23-24(4)14-17)20(27(30)31)21(28)26(22(25)29)16(3)18-8-6-5-7-9-18/h5-12,14-16H,13H2,1-4H3/b11-10+. The van der Waals surface area contributed by atoms with E-state index in [0.717, 1.165) is 4.57 Å². The molecule has 0 aliphatic carbocycles. The first-order valence-corrected chi connectivity index (χ1v) is 9.96. The minimum absolute atomic E-state index is 0.0194. The summed E-state index contributed by atoms with van der Waals surface area (Å²) in [6.07, 6.45) is 6.37. The average Bonchev–Trinajstić information content (AvgIpc) is 3.14. The fourth-order valence-corrected chi connectivity index (χ4v) is 3.48. The number of hydrogen-bond donors (Lipinski definition) is 0. The summed E-state index contributed by atoms with van der Waals surface area (Å²) >= 11 is 0. The first kappa shape index (κ1) is 21.9. The third-order valence-electron chi connectivity index (χ3n) is 4.95. The van der Waals surface area contributed by atoms with Crippen LogP contribution < -0.4 is 11.2 Å². The van der Waals surface area contributed by atoms with Crippen molar-refractivity contribution in [2.24, 2.45) is 13.0 Å². The van der Waals surface area contributed by atoms with Crippen molar-refractivity contribution in [3.8, 4) is 0 Å². The van der Waals surface area contributed by atoms with Crippen LogP contribution >= 0.6 is 0 Å². The number of nitro groups is 1. The normalized spacial score (nSPS) is 12.5. The fraction of sp³-hybridized carbons (Fsp3) is 0.318. The van der Waals surface area contributed by atoms with E-state index in [2.05, 4.69) is 5.10 Å². The van der Waals surface area contributed by atoms with E-state index in [4.69, 9.17) is 0 Å². The second kappa shape index (κ2) is 8.95. The lowest BCUT2D eigenvalue weighted by Crippen LogP contribution is -2.44. The molecule has 0 amide bonds. The molecule has 1 aromatic carbocycles. The van der Waals surface area contributed by atoms with Crippen molar-refractivity contribution in [2.45, 2.75) is 33.4 Å². The molecule has 0 aliphatic rings. The van der Waals surface area contributed by atoms with Gasteiger partial charge in [-0.25, -0.2) is 9.36 Å². The van der Waals surface area contributed by atoms with Crippen molar-refractivity contribution < 1.29 is 4.92 Å². The van der Waals surface area contributed by atoms with Gasteiger partial charge >= 0.3 is 16.9 Å². The molecule has 162 valence electrons. The van der Waals surface area contributed by atoms with Crippen LogP contribution in [0, 0.1) is 16.0 Å². The van der Waals surface area contributed by atoms with E-state index in [1.807, 2.05) is 19.9 Å². The Morgan fingerprint density at radius 1 is 1.13 bits per heavy atom. The van der Waals surface area contributed by atoms with Crippen LogP contribution in [-0.2, 0) is 13.6 Å². The molecule has 0 radical (unpaired) electrons. The van der Waals surface area contributed by atoms with Crippen LogP contribution in [0.5, 0.6) is 0 Å². The molecule has 31 heavy (non-hydrogen) atoms. The highest BCUT2D eigenvalue weighted by atomic mass is 16.6. The van der Waals surface area contributed by atoms with Crippen molar-refractivity contribution in [3.05, 3.63) is 90.5 Å². The molecule has 2 aromatic heterocycles. The van der Waals surface area contributed by atoms with Gasteiger partial charge in [0, 0.05) is 25.4 Å². The second-order valence-corrected chi connectivity index (χ2v) is 7.82. The van der Waals surface area contributed by atoms with Gasteiger partial charge in [0.1, 0.15) is 5.69 Å². The first-order valence-electron chi connectivity index (χ1n) is 9.96. The molecule has 9 nitrogen and oxygen atoms in total. The van der Waals surface area contributed by atoms with Gasteiger partial charge in [-0.3, -0.25) is 24.2 Å². The van der Waals surface area contributed by atoms with Gasteiger partial charge in [-0.1, -0.05) is 44.2 Å². The van der Waals surface area contributed by atoms with Gasteiger partial charge < -0.3 is 0 Å². The fourth-order valence-electron chi connectivity index (χ4n) is 3.48. The molecular weight excluding hydrogens is 398 g/mol. The van der Waals surface area contributed by atoms with Crippen molar-refractivity contribution in [2.75, 3.05) is 0 Å². The van der Waals surface area contributed by atoms with Crippen LogP contribution in [0.3, 0.4) is 0 Å². The summed E-state index contributed by atoms with van der Waals surface area (Å²) in [6, 6.07) is 8.32. The van der Waals surface area contributed by atoms with E-state index in [-0.39, 0.29) is 18.2 Å². The topological polar surface area (TPSA) is 105 Å². The van der Waals surface area contributed by atoms with E-state index in [9.17, 15) is 19.7 Å². The molecule has 1 atom stereocenters. The Morgan fingerprint density at radius 3 is 2.35 bits per heavy atom. The molecule has 0 fully saturated rings. The molecule has 2 heterocycles. The van der Waals surface area contributed by atoms with Gasteiger partial charge in [0.25, 0.3) is 0 Å². The summed E-state index contributed by atoms with van der Waals surface area (Å²) in [7, 11) is 1.75. The molecule has 0 bridgehead atoms. The molecule has 0 saturated heterocycles. The molecule has 0 saturated carbocycles. The Balaban J connectivity index is 2.30. The van der Waals surface area contributed by atoms with Gasteiger partial charge in [-0.2, -0.15) is 5.10 Å². The number of nitrogens with zero attached hydrogens (tertiary/aromatic N) is 5. The summed E-state index contributed by atoms with van der Waals surface area (Å²) < 4.78 is 3.88. The van der Waals surface area contributed by atoms with Crippen LogP contribution in [0.15, 0.2) is 52.3 Å². The molecule has 9 heteroatoms. The lowest BCUT2D eigenvalue weighted by Gasteiger charge is -2.19. The third-order valence-corrected chi connectivity index (χ3v) is 4.95. The number of hydrogen-bond acceptors (Lipinski definition) is 5. The molecular formula is C22H25N5O4. The Kier molecular flexibility index (Phi) is 6.33. The predicted molar refractivity (Wildman–Crippen MR) is 119 cm³/mol. The van der Waals surface area contributed by atoms with Crippen molar-refractivity contribution in [1.82, 2.24) is 18.9 Å². The van der Waals surface area contributed by atoms with E-state index >= 15 is 0 Å². The van der Waals surface area contributed by atoms with E-state index in [0.29, 0.717) is 11.1 Å². The summed E-state index contributed by atoms with van der Waals surface area (Å²) in [5.41, 5.74) is -0.728. The summed E-state index contributed by atoms with van der Waals surface area (Å²) in [5, 5.41) is 16.0. The highest BCUT2D eigenvalue weighted by Crippen LogP contribution is 2.20. The quantitative estimate of drug-likeness (QED) is 0.429. The maximum Gasteiger partial charge on any atom is 0.357 e. The van der Waals surface area contributed by atoms with Crippen LogP contribution in [-0.4, -0.2) is 23.8 Å². The van der Waals surface area contributed by atoms with Gasteiger partial charge in [0.05, 0.1) is 17.2 Å². The molecule has 3 aromatic rings. The van der Waals surface area contributed by atoms with Gasteiger partial charge in [0.15, 0.2) is 0 Å². The highest BCUT2D eigenvalue weighted by Gasteiger charge is 2.29. The molecule has 1 unspecified atom stereocenters. The SMILES string of the molecule is CC(C)Cn1c(/C=C/c2cnn(C)c2)c([N+](=O)[O-])c(=O)n(C(C)c2ccccc2)c1=O. The third kappa shape index (κ3) is 4.55. The average molecular weight is 423 g/mol. The highest BCUT2D eigenvalue weighted by molar-refractivity contribution is 5.71. The van der Waals surface area contributed by atoms with Gasteiger partial charge in [0.2, 0.25) is 0 Å². The Morgan fingerprint density at radius 2 is 1.81 bits per heavy atom. The van der Waals surface area contributed by atoms with E-state index < -0.39 is 27.9 Å². The van der Waals surface area contributed by atoms with Crippen molar-refractivity contribution in [1.29, 1.82) is 0 Å². The van der Waals surface area contributed by atoms with Crippen LogP contribution in [0.25, 0.3) is 12.2 Å². The van der Waals surface area contributed by atoms with Gasteiger partial charge in [-0.15, -0.1) is 0 Å². The number of aromatic nitrogens is 4. The Hall–Kier alpha value is -3.75. The lowest BCUT2D eigenvalue weighted by molar-refractivity contribution is -0.387. The zero-order chi connectivity index (χ0) is 22.7. The van der Waals surface area contributed by atoms with Crippen molar-refractivity contribution in [3.63, 3.8) is 0 Å². The van der Waals surface area contributed by atoms with Crippen molar-refractivity contribution >= 4 is 17.8 Å². The van der Waals surface area contributed by atoms with Gasteiger partial charge in [-0.05, 0) is 30.6 Å². The maximum absolute atomic E-state index is 13.4. The smallest absolute Gasteiger partial charge is 0.287 e. The number of rotatable bonds is 7. The maximum atomic E-state index is 13.4. The zero-order valence-corrected chi connectivity index (χ0v) is 17.9. The molecule has 0 spiro atoms. The van der Waals surface area contributed by atoms with Crippen LogP contribution in [0.1, 0.15) is 43.6 Å². The summed E-state index contributed by atoms with van der Waals surface area (Å²) in [5.74, 6) is 0.0285. The number of aryl methyl sites for hydroxylation is 1. The first-order chi connectivity index (χ1) is 14.7. The largest absolute Gasteiger partial charge is 0.357 e. The molecule has 0 aliphatic heterocycles. The number of benzene rings is 1. The minimum Gasteiger partial charge on any atom is -0.287 e. The van der Waals surface area contributed by atoms with E-state index in [1.54, 1.807) is 61.4 Å². The van der Waals surface area contributed by atoms with Crippen LogP contribution in [0.2, 0.25) is 0 Å². The second-order valence-electron chi connectivity index (χ2n) is 7.82.